The van der Waals surface area contributed by atoms with Crippen molar-refractivity contribution in [3.63, 3.8) is 0 Å². The standard InChI is InChI=1S/C21H27F3N4O2.C2HF3O2/c1-4-5-6-13(3)18(29)25-11-20-9-14(26-16(20)10-20)19(30)28-17-12(2)7-8-15(27-17)21(22,23)24;3-2(4,5)1(6)7/h4,7-8,13-14,16,26H,1,5-6,9-11H2,2-3H3,(H,25,29)(H,27,28,30);(H,6,7)/t13-,14+,16-,20+;/m1./s1. The molecule has 2 amide bonds. The Kier molecular flexibility index (Phi) is 9.33. The molecule has 8 nitrogen and oxygen atoms in total. The van der Waals surface area contributed by atoms with Crippen molar-refractivity contribution in [1.82, 2.24) is 15.6 Å². The van der Waals surface area contributed by atoms with E-state index in [2.05, 4.69) is 27.5 Å². The fourth-order valence-corrected chi connectivity index (χ4v) is 3.91. The van der Waals surface area contributed by atoms with E-state index in [1.165, 1.54) is 6.07 Å². The number of aryl methyl sites for hydroxylation is 1. The molecule has 206 valence electrons. The van der Waals surface area contributed by atoms with Gasteiger partial charge in [-0.1, -0.05) is 19.1 Å². The number of allylic oxidation sites excluding steroid dienone is 1. The molecule has 1 aromatic rings. The second-order valence-electron chi connectivity index (χ2n) is 9.18. The third kappa shape index (κ3) is 8.17. The number of alkyl halides is 6. The van der Waals surface area contributed by atoms with Gasteiger partial charge < -0.3 is 21.1 Å². The molecule has 14 heteroatoms. The summed E-state index contributed by atoms with van der Waals surface area (Å²) in [4.78, 5) is 37.3. The summed E-state index contributed by atoms with van der Waals surface area (Å²) in [6.45, 7) is 7.60. The fraction of sp³-hybridized carbons (Fsp3) is 0.565. The number of hydrogen-bond acceptors (Lipinski definition) is 5. The Morgan fingerprint density at radius 1 is 1.24 bits per heavy atom. The first-order chi connectivity index (χ1) is 17.0. The van der Waals surface area contributed by atoms with Crippen molar-refractivity contribution >= 4 is 23.6 Å². The topological polar surface area (TPSA) is 120 Å². The number of carboxylic acids is 1. The van der Waals surface area contributed by atoms with E-state index in [9.17, 15) is 35.9 Å². The molecule has 3 rings (SSSR count). The number of nitrogens with one attached hydrogen (secondary N) is 3. The number of amides is 2. The second kappa shape index (κ2) is 11.5. The highest BCUT2D eigenvalue weighted by molar-refractivity contribution is 5.95. The van der Waals surface area contributed by atoms with E-state index < -0.39 is 36.0 Å². The van der Waals surface area contributed by atoms with Crippen LogP contribution in [0.3, 0.4) is 0 Å². The van der Waals surface area contributed by atoms with Gasteiger partial charge in [0.2, 0.25) is 11.8 Å². The third-order valence-corrected chi connectivity index (χ3v) is 6.26. The number of halogens is 6. The van der Waals surface area contributed by atoms with Gasteiger partial charge >= 0.3 is 18.3 Å². The molecule has 1 aromatic heterocycles. The Bertz CT molecular complexity index is 1030. The minimum atomic E-state index is -5.08. The molecule has 1 saturated heterocycles. The number of rotatable bonds is 8. The van der Waals surface area contributed by atoms with Gasteiger partial charge in [-0.2, -0.15) is 26.3 Å². The quantitative estimate of drug-likeness (QED) is 0.295. The van der Waals surface area contributed by atoms with E-state index in [1.54, 1.807) is 13.0 Å². The van der Waals surface area contributed by atoms with E-state index in [0.717, 1.165) is 25.3 Å². The maximum atomic E-state index is 12.9. The average Bonchev–Trinajstić information content (AvgIpc) is 3.35. The molecular formula is C23H28F6N4O4. The predicted molar refractivity (Wildman–Crippen MR) is 120 cm³/mol. The van der Waals surface area contributed by atoms with Gasteiger partial charge in [0.15, 0.2) is 0 Å². The van der Waals surface area contributed by atoms with Crippen LogP contribution in [0.2, 0.25) is 0 Å². The number of hydrogen-bond donors (Lipinski definition) is 4. The highest BCUT2D eigenvalue weighted by Gasteiger charge is 2.61. The summed E-state index contributed by atoms with van der Waals surface area (Å²) in [5.41, 5.74) is -0.767. The molecule has 0 aromatic carbocycles. The molecule has 37 heavy (non-hydrogen) atoms. The summed E-state index contributed by atoms with van der Waals surface area (Å²) >= 11 is 0. The van der Waals surface area contributed by atoms with Gasteiger partial charge in [-0.05, 0) is 44.2 Å². The molecule has 0 radical (unpaired) electrons. The molecule has 2 heterocycles. The first-order valence-electron chi connectivity index (χ1n) is 11.3. The van der Waals surface area contributed by atoms with Crippen molar-refractivity contribution in [2.45, 2.75) is 64.0 Å². The van der Waals surface area contributed by atoms with Crippen molar-refractivity contribution < 1.29 is 45.8 Å². The van der Waals surface area contributed by atoms with Crippen LogP contribution in [0, 0.1) is 18.3 Å². The zero-order valence-corrected chi connectivity index (χ0v) is 20.1. The molecule has 0 bridgehead atoms. The summed E-state index contributed by atoms with van der Waals surface area (Å²) in [6, 6.07) is 1.76. The maximum absolute atomic E-state index is 12.9. The molecule has 2 fully saturated rings. The van der Waals surface area contributed by atoms with Crippen molar-refractivity contribution in [3.05, 3.63) is 36.0 Å². The molecule has 4 atom stereocenters. The number of aliphatic carboxylic acids is 1. The summed E-state index contributed by atoms with van der Waals surface area (Å²) in [7, 11) is 0. The average molecular weight is 538 g/mol. The number of carboxylic acid groups (broad SMARTS) is 1. The number of piperidine rings is 1. The number of carbonyl (C=O) groups is 3. The summed E-state index contributed by atoms with van der Waals surface area (Å²) in [5, 5.41) is 15.8. The van der Waals surface area contributed by atoms with E-state index in [-0.39, 0.29) is 29.1 Å². The lowest BCUT2D eigenvalue weighted by Crippen LogP contribution is -2.39. The van der Waals surface area contributed by atoms with Gasteiger partial charge in [-0.3, -0.25) is 9.59 Å². The Hall–Kier alpha value is -3.16. The minimum Gasteiger partial charge on any atom is -0.475 e. The lowest BCUT2D eigenvalue weighted by Gasteiger charge is -2.18. The van der Waals surface area contributed by atoms with E-state index in [0.29, 0.717) is 18.5 Å². The lowest BCUT2D eigenvalue weighted by molar-refractivity contribution is -0.192. The molecule has 1 saturated carbocycles. The lowest BCUT2D eigenvalue weighted by atomic mass is 9.98. The molecule has 0 unspecified atom stereocenters. The largest absolute Gasteiger partial charge is 0.490 e. The van der Waals surface area contributed by atoms with Crippen LogP contribution in [0.5, 0.6) is 0 Å². The Morgan fingerprint density at radius 2 is 1.86 bits per heavy atom. The minimum absolute atomic E-state index is 0.0198. The molecule has 1 aliphatic carbocycles. The second-order valence-corrected chi connectivity index (χ2v) is 9.18. The Balaban J connectivity index is 0.000000604. The summed E-state index contributed by atoms with van der Waals surface area (Å²) < 4.78 is 70.4. The first-order valence-corrected chi connectivity index (χ1v) is 11.3. The van der Waals surface area contributed by atoms with Crippen LogP contribution in [0.25, 0.3) is 0 Å². The monoisotopic (exact) mass is 538 g/mol. The maximum Gasteiger partial charge on any atom is 0.490 e. The van der Waals surface area contributed by atoms with Crippen LogP contribution in [0.15, 0.2) is 24.8 Å². The number of pyridine rings is 1. The normalized spacial score (nSPS) is 23.1. The van der Waals surface area contributed by atoms with Gasteiger partial charge in [0.05, 0.1) is 6.04 Å². The van der Waals surface area contributed by atoms with Gasteiger partial charge in [-0.25, -0.2) is 9.78 Å². The molecular weight excluding hydrogens is 510 g/mol. The van der Waals surface area contributed by atoms with Crippen LogP contribution >= 0.6 is 0 Å². The first kappa shape index (κ1) is 30.1. The van der Waals surface area contributed by atoms with Crippen molar-refractivity contribution in [2.24, 2.45) is 11.3 Å². The highest BCUT2D eigenvalue weighted by Crippen LogP contribution is 2.54. The molecule has 0 spiro atoms. The van der Waals surface area contributed by atoms with Gasteiger partial charge in [-0.15, -0.1) is 6.58 Å². The Labute approximate surface area is 208 Å². The van der Waals surface area contributed by atoms with E-state index in [4.69, 9.17) is 9.90 Å². The highest BCUT2D eigenvalue weighted by atomic mass is 19.4. The molecule has 2 aliphatic rings. The van der Waals surface area contributed by atoms with Crippen LogP contribution < -0.4 is 16.0 Å². The van der Waals surface area contributed by atoms with Gasteiger partial charge in [0, 0.05) is 23.9 Å². The number of nitrogens with zero attached hydrogens (tertiary/aromatic N) is 1. The van der Waals surface area contributed by atoms with Crippen LogP contribution in [-0.2, 0) is 20.6 Å². The SMILES string of the molecule is C=CCC[C@@H](C)C(=O)NC[C@@]12C[C@@H](C(=O)Nc3nc(C(F)(F)F)ccc3C)N[C@@H]1C2.O=C(O)C(F)(F)F. The van der Waals surface area contributed by atoms with Crippen LogP contribution in [0.1, 0.15) is 43.9 Å². The molecule has 4 N–H and O–H groups in total. The smallest absolute Gasteiger partial charge is 0.475 e. The van der Waals surface area contributed by atoms with E-state index >= 15 is 0 Å². The third-order valence-electron chi connectivity index (χ3n) is 6.26. The van der Waals surface area contributed by atoms with Crippen LogP contribution in [-0.4, -0.2) is 52.7 Å². The van der Waals surface area contributed by atoms with Crippen molar-refractivity contribution in [3.8, 4) is 0 Å². The van der Waals surface area contributed by atoms with Gasteiger partial charge in [0.1, 0.15) is 11.5 Å². The Morgan fingerprint density at radius 3 is 2.41 bits per heavy atom. The number of aromatic nitrogens is 1. The number of fused-ring (bicyclic) bond motifs is 1. The number of carbonyl (C=O) groups excluding carboxylic acids is 2. The van der Waals surface area contributed by atoms with Crippen molar-refractivity contribution in [1.29, 1.82) is 0 Å². The van der Waals surface area contributed by atoms with Crippen molar-refractivity contribution in [2.75, 3.05) is 11.9 Å². The summed E-state index contributed by atoms with van der Waals surface area (Å²) in [6.07, 6.45) is -4.99. The predicted octanol–water partition coefficient (Wildman–Crippen LogP) is 3.82. The zero-order valence-electron chi connectivity index (χ0n) is 20.1. The number of anilines is 1. The van der Waals surface area contributed by atoms with Crippen LogP contribution in [0.4, 0.5) is 32.2 Å². The fourth-order valence-electron chi connectivity index (χ4n) is 3.91. The van der Waals surface area contributed by atoms with Gasteiger partial charge in [0.25, 0.3) is 0 Å². The van der Waals surface area contributed by atoms with E-state index in [1.807, 2.05) is 6.92 Å². The molecule has 1 aliphatic heterocycles. The zero-order chi connectivity index (χ0) is 28.2. The summed E-state index contributed by atoms with van der Waals surface area (Å²) in [5.74, 6) is -3.39.